The lowest BCUT2D eigenvalue weighted by Crippen LogP contribution is -2.39. The van der Waals surface area contributed by atoms with Gasteiger partial charge in [0.2, 0.25) is 0 Å². The van der Waals surface area contributed by atoms with Crippen LogP contribution in [0, 0.1) is 11.8 Å². The molecule has 1 fully saturated rings. The monoisotopic (exact) mass is 270 g/mol. The summed E-state index contributed by atoms with van der Waals surface area (Å²) in [6, 6.07) is 11.0. The molecule has 1 aromatic carbocycles. The van der Waals surface area contributed by atoms with E-state index < -0.39 is 0 Å². The topological polar surface area (TPSA) is 8.17 Å². The van der Waals surface area contributed by atoms with Crippen molar-refractivity contribution in [2.45, 2.75) is 33.2 Å². The van der Waals surface area contributed by atoms with E-state index in [0.29, 0.717) is 0 Å². The highest BCUT2D eigenvalue weighted by molar-refractivity contribution is 5.81. The van der Waals surface area contributed by atoms with E-state index >= 15 is 0 Å². The van der Waals surface area contributed by atoms with Gasteiger partial charge in [-0.25, -0.2) is 0 Å². The molecule has 0 saturated carbocycles. The number of piperidine rings is 1. The zero-order valence-corrected chi connectivity index (χ0v) is 13.0. The van der Waals surface area contributed by atoms with Crippen molar-refractivity contribution in [2.24, 2.45) is 18.9 Å². The van der Waals surface area contributed by atoms with Crippen LogP contribution in [0.5, 0.6) is 0 Å². The quantitative estimate of drug-likeness (QED) is 0.817. The Hall–Kier alpha value is -1.28. The van der Waals surface area contributed by atoms with Crippen LogP contribution in [0.25, 0.3) is 10.9 Å². The van der Waals surface area contributed by atoms with Crippen molar-refractivity contribution in [2.75, 3.05) is 13.1 Å². The third kappa shape index (κ3) is 2.62. The van der Waals surface area contributed by atoms with Gasteiger partial charge in [0, 0.05) is 37.9 Å². The molecule has 0 amide bonds. The van der Waals surface area contributed by atoms with Crippen molar-refractivity contribution >= 4 is 10.9 Å². The van der Waals surface area contributed by atoms with E-state index in [-0.39, 0.29) is 0 Å². The molecule has 2 unspecified atom stereocenters. The minimum Gasteiger partial charge on any atom is -0.346 e. The van der Waals surface area contributed by atoms with Crippen molar-refractivity contribution in [1.82, 2.24) is 9.47 Å². The van der Waals surface area contributed by atoms with Gasteiger partial charge in [0.1, 0.15) is 0 Å². The molecule has 0 bridgehead atoms. The zero-order valence-electron chi connectivity index (χ0n) is 13.0. The summed E-state index contributed by atoms with van der Waals surface area (Å²) in [6.45, 7) is 8.33. The van der Waals surface area contributed by atoms with Crippen molar-refractivity contribution in [1.29, 1.82) is 0 Å². The van der Waals surface area contributed by atoms with Crippen LogP contribution in [0.3, 0.4) is 0 Å². The molecule has 108 valence electrons. The van der Waals surface area contributed by atoms with E-state index in [2.05, 4.69) is 60.7 Å². The van der Waals surface area contributed by atoms with Crippen LogP contribution in [0.2, 0.25) is 0 Å². The Morgan fingerprint density at radius 1 is 1.20 bits per heavy atom. The van der Waals surface area contributed by atoms with Crippen LogP contribution in [-0.4, -0.2) is 22.6 Å². The third-order valence-electron chi connectivity index (χ3n) is 4.84. The number of nitrogens with zero attached hydrogens (tertiary/aromatic N) is 2. The fourth-order valence-corrected chi connectivity index (χ4v) is 3.75. The second-order valence-corrected chi connectivity index (χ2v) is 6.56. The summed E-state index contributed by atoms with van der Waals surface area (Å²) in [5.41, 5.74) is 2.79. The van der Waals surface area contributed by atoms with Crippen molar-refractivity contribution in [3.05, 3.63) is 36.0 Å². The van der Waals surface area contributed by atoms with Crippen molar-refractivity contribution in [3.63, 3.8) is 0 Å². The number of fused-ring (bicyclic) bond motifs is 1. The van der Waals surface area contributed by atoms with Crippen LogP contribution >= 0.6 is 0 Å². The number of rotatable bonds is 3. The highest BCUT2D eigenvalue weighted by Gasteiger charge is 2.24. The Balaban J connectivity index is 1.80. The van der Waals surface area contributed by atoms with Crippen LogP contribution in [0.1, 0.15) is 32.4 Å². The first-order valence-corrected chi connectivity index (χ1v) is 7.93. The molecule has 2 heteroatoms. The van der Waals surface area contributed by atoms with E-state index in [0.717, 1.165) is 18.4 Å². The maximum atomic E-state index is 2.65. The highest BCUT2D eigenvalue weighted by atomic mass is 15.2. The Bertz CT molecular complexity index is 584. The second kappa shape index (κ2) is 5.61. The maximum Gasteiger partial charge on any atom is 0.0480 e. The van der Waals surface area contributed by atoms with Gasteiger partial charge in [0.15, 0.2) is 0 Å². The molecular weight excluding hydrogens is 244 g/mol. The predicted molar refractivity (Wildman–Crippen MR) is 85.8 cm³/mol. The number of para-hydroxylation sites is 1. The van der Waals surface area contributed by atoms with Crippen LogP contribution in [-0.2, 0) is 13.6 Å². The van der Waals surface area contributed by atoms with Crippen LogP contribution < -0.4 is 0 Å². The van der Waals surface area contributed by atoms with Crippen molar-refractivity contribution in [3.8, 4) is 0 Å². The van der Waals surface area contributed by atoms with Crippen LogP contribution in [0.4, 0.5) is 0 Å². The summed E-state index contributed by atoms with van der Waals surface area (Å²) in [4.78, 5) is 2.65. The molecule has 2 heterocycles. The largest absolute Gasteiger partial charge is 0.346 e. The third-order valence-corrected chi connectivity index (χ3v) is 4.84. The minimum atomic E-state index is 0.836. The van der Waals surface area contributed by atoms with Gasteiger partial charge >= 0.3 is 0 Å². The van der Waals surface area contributed by atoms with E-state index in [9.17, 15) is 0 Å². The summed E-state index contributed by atoms with van der Waals surface area (Å²) < 4.78 is 2.36. The molecule has 2 atom stereocenters. The molecule has 1 saturated heterocycles. The molecule has 1 aliphatic rings. The molecule has 0 aliphatic carbocycles. The fourth-order valence-electron chi connectivity index (χ4n) is 3.75. The van der Waals surface area contributed by atoms with E-state index in [4.69, 9.17) is 0 Å². The predicted octanol–water partition coefficient (Wildman–Crippen LogP) is 4.05. The molecule has 1 aromatic heterocycles. The number of benzene rings is 1. The molecule has 0 radical (unpaired) electrons. The maximum absolute atomic E-state index is 2.65. The summed E-state index contributed by atoms with van der Waals surface area (Å²) in [7, 11) is 2.20. The number of likely N-dealkylation sites (tertiary alicyclic amines) is 1. The SMILES string of the molecule is CCC1CC(C)CN(Cc2cc3ccccc3n2C)C1. The molecule has 3 rings (SSSR count). The van der Waals surface area contributed by atoms with E-state index in [1.165, 1.54) is 42.5 Å². The molecule has 20 heavy (non-hydrogen) atoms. The van der Waals surface area contributed by atoms with Crippen LogP contribution in [0.15, 0.2) is 30.3 Å². The average Bonchev–Trinajstić information content (AvgIpc) is 2.75. The number of hydrogen-bond acceptors (Lipinski definition) is 1. The van der Waals surface area contributed by atoms with Gasteiger partial charge in [-0.3, -0.25) is 4.90 Å². The number of hydrogen-bond donors (Lipinski definition) is 0. The smallest absolute Gasteiger partial charge is 0.0480 e. The Kier molecular flexibility index (Phi) is 3.84. The number of aromatic nitrogens is 1. The molecule has 1 aliphatic heterocycles. The summed E-state index contributed by atoms with van der Waals surface area (Å²) in [6.07, 6.45) is 2.72. The van der Waals surface area contributed by atoms with Gasteiger partial charge in [-0.1, -0.05) is 38.5 Å². The highest BCUT2D eigenvalue weighted by Crippen LogP contribution is 2.26. The lowest BCUT2D eigenvalue weighted by atomic mass is 9.89. The fraction of sp³-hybridized carbons (Fsp3) is 0.556. The van der Waals surface area contributed by atoms with E-state index in [1.807, 2.05) is 0 Å². The van der Waals surface area contributed by atoms with Gasteiger partial charge in [0.25, 0.3) is 0 Å². The normalized spacial score (nSPS) is 24.4. The van der Waals surface area contributed by atoms with Gasteiger partial charge in [-0.15, -0.1) is 0 Å². The Labute approximate surface area is 122 Å². The number of aryl methyl sites for hydroxylation is 1. The summed E-state index contributed by atoms with van der Waals surface area (Å²) in [5.74, 6) is 1.72. The first kappa shape index (κ1) is 13.7. The standard InChI is InChI=1S/C18H26N2/c1-4-15-9-14(2)11-20(12-15)13-17-10-16-7-5-6-8-18(16)19(17)3/h5-8,10,14-15H,4,9,11-13H2,1-3H3. The second-order valence-electron chi connectivity index (χ2n) is 6.56. The van der Waals surface area contributed by atoms with Gasteiger partial charge < -0.3 is 4.57 Å². The summed E-state index contributed by atoms with van der Waals surface area (Å²) >= 11 is 0. The average molecular weight is 270 g/mol. The minimum absolute atomic E-state index is 0.836. The lowest BCUT2D eigenvalue weighted by molar-refractivity contribution is 0.121. The van der Waals surface area contributed by atoms with Crippen molar-refractivity contribution < 1.29 is 0 Å². The Morgan fingerprint density at radius 2 is 2.00 bits per heavy atom. The van der Waals surface area contributed by atoms with Gasteiger partial charge in [0.05, 0.1) is 0 Å². The lowest BCUT2D eigenvalue weighted by Gasteiger charge is -2.36. The molecule has 0 spiro atoms. The first-order chi connectivity index (χ1) is 9.67. The molecule has 0 N–H and O–H groups in total. The summed E-state index contributed by atoms with van der Waals surface area (Å²) in [5, 5.41) is 1.36. The zero-order chi connectivity index (χ0) is 14.1. The Morgan fingerprint density at radius 3 is 2.75 bits per heavy atom. The van der Waals surface area contributed by atoms with Gasteiger partial charge in [-0.2, -0.15) is 0 Å². The van der Waals surface area contributed by atoms with Gasteiger partial charge in [-0.05, 0) is 35.8 Å². The van der Waals surface area contributed by atoms with E-state index in [1.54, 1.807) is 0 Å². The molecule has 2 aromatic rings. The molecule has 2 nitrogen and oxygen atoms in total. The molecular formula is C18H26N2. The first-order valence-electron chi connectivity index (χ1n) is 7.93.